The van der Waals surface area contributed by atoms with Crippen LogP contribution in [0.3, 0.4) is 0 Å². The second kappa shape index (κ2) is 11.2. The number of carboxylic acid groups (broad SMARTS) is 1. The molecule has 2 rings (SSSR count). The average Bonchev–Trinajstić information content (AvgIpc) is 2.71. The predicted octanol–water partition coefficient (Wildman–Crippen LogP) is 7.35. The van der Waals surface area contributed by atoms with Crippen molar-refractivity contribution in [3.8, 4) is 11.5 Å². The van der Waals surface area contributed by atoms with Crippen LogP contribution in [0.2, 0.25) is 0 Å². The van der Waals surface area contributed by atoms with Crippen LogP contribution in [0.4, 0.5) is 0 Å². The molecule has 1 aromatic rings. The number of carbonyl (C=O) groups is 1. The Kier molecular flexibility index (Phi) is 9.24. The fourth-order valence-corrected chi connectivity index (χ4v) is 4.54. The first kappa shape index (κ1) is 26.3. The van der Waals surface area contributed by atoms with Crippen LogP contribution in [-0.2, 0) is 11.2 Å². The third-order valence-corrected chi connectivity index (χ3v) is 6.91. The van der Waals surface area contributed by atoms with Gasteiger partial charge in [-0.1, -0.05) is 53.0 Å². The summed E-state index contributed by atoms with van der Waals surface area (Å²) < 4.78 is 12.5. The largest absolute Gasteiger partial charge is 0.483 e. The van der Waals surface area contributed by atoms with Crippen LogP contribution >= 0.6 is 0 Å². The van der Waals surface area contributed by atoms with Crippen LogP contribution in [0.5, 0.6) is 11.5 Å². The van der Waals surface area contributed by atoms with E-state index in [9.17, 15) is 9.90 Å². The molecule has 3 unspecified atom stereocenters. The molecule has 0 bridgehead atoms. The van der Waals surface area contributed by atoms with Crippen LogP contribution in [0.15, 0.2) is 12.2 Å². The summed E-state index contributed by atoms with van der Waals surface area (Å²) in [6, 6.07) is 0. The molecule has 1 N–H and O–H groups in total. The van der Waals surface area contributed by atoms with Crippen LogP contribution in [0, 0.1) is 32.6 Å². The Morgan fingerprint density at radius 2 is 1.84 bits per heavy atom. The highest BCUT2D eigenvalue weighted by atomic mass is 16.5. The SMILES string of the molecule is CCC(Oc1c(C)c(C)c2c(c1C)CCC(C)(C=CCC(C)CCCC(C)C)O2)C(=O)O. The van der Waals surface area contributed by atoms with Gasteiger partial charge >= 0.3 is 5.97 Å². The molecule has 0 fully saturated rings. The van der Waals surface area contributed by atoms with E-state index in [-0.39, 0.29) is 5.60 Å². The Morgan fingerprint density at radius 1 is 1.16 bits per heavy atom. The van der Waals surface area contributed by atoms with Crippen molar-refractivity contribution >= 4 is 5.97 Å². The minimum Gasteiger partial charge on any atom is -0.483 e. The van der Waals surface area contributed by atoms with Gasteiger partial charge in [0, 0.05) is 5.56 Å². The van der Waals surface area contributed by atoms with E-state index in [0.29, 0.717) is 18.1 Å². The number of hydrogen-bond acceptors (Lipinski definition) is 3. The van der Waals surface area contributed by atoms with E-state index in [2.05, 4.69) is 46.8 Å². The summed E-state index contributed by atoms with van der Waals surface area (Å²) in [6.07, 6.45) is 10.9. The quantitative estimate of drug-likeness (QED) is 0.363. The van der Waals surface area contributed by atoms with Gasteiger partial charge in [0.1, 0.15) is 17.1 Å². The Morgan fingerprint density at radius 3 is 2.44 bits per heavy atom. The number of fused-ring (bicyclic) bond motifs is 1. The van der Waals surface area contributed by atoms with Crippen LogP contribution < -0.4 is 9.47 Å². The van der Waals surface area contributed by atoms with Gasteiger partial charge in [0.05, 0.1) is 0 Å². The van der Waals surface area contributed by atoms with Crippen molar-refractivity contribution in [1.82, 2.24) is 0 Å². The van der Waals surface area contributed by atoms with Crippen LogP contribution in [0.1, 0.15) is 95.4 Å². The summed E-state index contributed by atoms with van der Waals surface area (Å²) in [4.78, 5) is 11.5. The summed E-state index contributed by atoms with van der Waals surface area (Å²) >= 11 is 0. The average molecular weight is 445 g/mol. The van der Waals surface area contributed by atoms with E-state index < -0.39 is 12.1 Å². The van der Waals surface area contributed by atoms with Gasteiger partial charge in [0.25, 0.3) is 0 Å². The van der Waals surface area contributed by atoms with Crippen molar-refractivity contribution in [2.24, 2.45) is 11.8 Å². The molecule has 0 aliphatic carbocycles. The van der Waals surface area contributed by atoms with Crippen molar-refractivity contribution in [1.29, 1.82) is 0 Å². The molecule has 180 valence electrons. The van der Waals surface area contributed by atoms with E-state index >= 15 is 0 Å². The molecule has 1 aromatic carbocycles. The zero-order valence-corrected chi connectivity index (χ0v) is 21.5. The zero-order chi connectivity index (χ0) is 24.1. The monoisotopic (exact) mass is 444 g/mol. The molecule has 1 aliphatic rings. The lowest BCUT2D eigenvalue weighted by molar-refractivity contribution is -0.145. The minimum atomic E-state index is -0.922. The lowest BCUT2D eigenvalue weighted by atomic mass is 9.86. The van der Waals surface area contributed by atoms with E-state index in [1.807, 2.05) is 20.8 Å². The number of aliphatic carboxylic acids is 1. The van der Waals surface area contributed by atoms with Gasteiger partial charge in [0.2, 0.25) is 0 Å². The second-order valence-corrected chi connectivity index (χ2v) is 10.3. The van der Waals surface area contributed by atoms with Gasteiger partial charge in [-0.25, -0.2) is 4.79 Å². The highest BCUT2D eigenvalue weighted by Crippen LogP contribution is 2.44. The van der Waals surface area contributed by atoms with Gasteiger partial charge in [-0.05, 0) is 88.0 Å². The Balaban J connectivity index is 2.15. The fraction of sp³-hybridized carbons (Fsp3) is 0.679. The number of benzene rings is 1. The van der Waals surface area contributed by atoms with Crippen molar-refractivity contribution in [2.45, 2.75) is 112 Å². The highest BCUT2D eigenvalue weighted by Gasteiger charge is 2.33. The summed E-state index contributed by atoms with van der Waals surface area (Å²) in [5.74, 6) is 2.20. The number of hydrogen-bond donors (Lipinski definition) is 1. The topological polar surface area (TPSA) is 55.8 Å². The molecule has 0 spiro atoms. The maximum Gasteiger partial charge on any atom is 0.344 e. The second-order valence-electron chi connectivity index (χ2n) is 10.3. The number of rotatable bonds is 11. The summed E-state index contributed by atoms with van der Waals surface area (Å²) in [5, 5.41) is 9.43. The van der Waals surface area contributed by atoms with E-state index in [1.165, 1.54) is 19.3 Å². The third kappa shape index (κ3) is 6.52. The van der Waals surface area contributed by atoms with Gasteiger partial charge < -0.3 is 14.6 Å². The van der Waals surface area contributed by atoms with Crippen molar-refractivity contribution < 1.29 is 19.4 Å². The third-order valence-electron chi connectivity index (χ3n) is 6.91. The number of carboxylic acids is 1. The van der Waals surface area contributed by atoms with E-state index in [4.69, 9.17) is 9.47 Å². The van der Waals surface area contributed by atoms with Crippen molar-refractivity contribution in [2.75, 3.05) is 0 Å². The normalized spacial score (nSPS) is 20.2. The smallest absolute Gasteiger partial charge is 0.344 e. The Labute approximate surface area is 195 Å². The Hall–Kier alpha value is -1.97. The number of allylic oxidation sites excluding steroid dienone is 1. The molecule has 0 radical (unpaired) electrons. The zero-order valence-electron chi connectivity index (χ0n) is 21.5. The molecule has 4 heteroatoms. The summed E-state index contributed by atoms with van der Waals surface area (Å²) in [5.41, 5.74) is 3.85. The van der Waals surface area contributed by atoms with E-state index in [1.54, 1.807) is 0 Å². The van der Waals surface area contributed by atoms with Gasteiger partial charge in [0.15, 0.2) is 6.10 Å². The number of ether oxygens (including phenoxy) is 2. The molecule has 0 saturated carbocycles. The summed E-state index contributed by atoms with van der Waals surface area (Å²) in [7, 11) is 0. The fourth-order valence-electron chi connectivity index (χ4n) is 4.54. The van der Waals surface area contributed by atoms with Crippen LogP contribution in [0.25, 0.3) is 0 Å². The van der Waals surface area contributed by atoms with Crippen molar-refractivity contribution in [3.63, 3.8) is 0 Å². The van der Waals surface area contributed by atoms with Gasteiger partial charge in [-0.15, -0.1) is 0 Å². The lowest BCUT2D eigenvalue weighted by Crippen LogP contribution is -2.35. The summed E-state index contributed by atoms with van der Waals surface area (Å²) in [6.45, 7) is 17.0. The van der Waals surface area contributed by atoms with Crippen molar-refractivity contribution in [3.05, 3.63) is 34.4 Å². The first-order chi connectivity index (χ1) is 15.0. The molecule has 4 nitrogen and oxygen atoms in total. The molecule has 3 atom stereocenters. The maximum absolute atomic E-state index is 11.5. The molecular formula is C28H44O4. The lowest BCUT2D eigenvalue weighted by Gasteiger charge is -2.36. The minimum absolute atomic E-state index is 0.316. The molecule has 0 saturated heterocycles. The van der Waals surface area contributed by atoms with Gasteiger partial charge in [-0.2, -0.15) is 0 Å². The molecule has 1 heterocycles. The maximum atomic E-state index is 11.5. The molecule has 1 aliphatic heterocycles. The predicted molar refractivity (Wildman–Crippen MR) is 132 cm³/mol. The highest BCUT2D eigenvalue weighted by molar-refractivity contribution is 5.73. The molecule has 0 amide bonds. The van der Waals surface area contributed by atoms with E-state index in [0.717, 1.165) is 53.2 Å². The van der Waals surface area contributed by atoms with Gasteiger partial charge in [-0.3, -0.25) is 0 Å². The van der Waals surface area contributed by atoms with Crippen LogP contribution in [-0.4, -0.2) is 22.8 Å². The molecule has 32 heavy (non-hydrogen) atoms. The first-order valence-corrected chi connectivity index (χ1v) is 12.4. The standard InChI is InChI=1S/C28H44O4/c1-9-24(27(29)30)31-25-20(5)21(6)26-23(22(25)7)15-17-28(8,32-26)16-11-14-19(4)13-10-12-18(2)3/h11,16,18-19,24H,9-10,12-15,17H2,1-8H3,(H,29,30). The first-order valence-electron chi connectivity index (χ1n) is 12.4. The Bertz CT molecular complexity index is 823. The molecular weight excluding hydrogens is 400 g/mol. The molecule has 0 aromatic heterocycles.